The first-order valence-corrected chi connectivity index (χ1v) is 23.4. The summed E-state index contributed by atoms with van der Waals surface area (Å²) in [6.45, 7) is 7.66. The van der Waals surface area contributed by atoms with Crippen LogP contribution in [0.1, 0.15) is 23.1 Å². The number of methoxy groups -OCH3 is 1. The number of hydrogen-bond donors (Lipinski definition) is 9. The number of nitrogens with one attached hydrogen (secondary N) is 1. The van der Waals surface area contributed by atoms with Crippen LogP contribution in [0, 0.1) is 20.8 Å². The van der Waals surface area contributed by atoms with E-state index in [2.05, 4.69) is 28.2 Å². The van der Waals surface area contributed by atoms with Crippen molar-refractivity contribution in [2.75, 3.05) is 49.1 Å². The lowest BCUT2D eigenvalue weighted by atomic mass is 9.97. The smallest absolute Gasteiger partial charge is 0.295 e. The number of ether oxygens (including phenoxy) is 2. The topological polar surface area (TPSA) is 300 Å². The van der Waals surface area contributed by atoms with Gasteiger partial charge in [0.15, 0.2) is 0 Å². The number of nitrogens with zero attached hydrogens (tertiary/aromatic N) is 2. The largest absolute Gasteiger partial charge is 0.505 e. The molecule has 0 aromatic heterocycles. The lowest BCUT2D eigenvalue weighted by molar-refractivity contribution is -0.0980. The Morgan fingerprint density at radius 1 is 0.687 bits per heavy atom. The standard InChI is InChI=1S/C28H29N3O8S3.C17H17N3O.CH4O.CH2O/c1-16-9-19(30-31-25-15-27(38-3)24(29)10-17(25)2)5-6-21(16)23-14-22-18(12-28(23)42(35,36)37)11-20(41(32,33)34)13-26(22)39-7-4-8-40;1-10-8-11-9-14(6-7-15(11)17(21)16(10)19)20-13-4-2-12(18)3-5-13;2*1-2/h5-6,9-15,40H,4,7-8,29H2,1-3H3,(H,32,33,34)(H,35,36,37);2-9,20-21H,18-19H2,1H3;2H,1H3;1H2. The first-order chi connectivity index (χ1) is 31.8. The number of phenols is 1. The van der Waals surface area contributed by atoms with Crippen molar-refractivity contribution >= 4 is 101 Å². The molecule has 0 unspecified atom stereocenters. The molecule has 0 radical (unpaired) electrons. The molecule has 17 nitrogen and oxygen atoms in total. The lowest BCUT2D eigenvalue weighted by Crippen LogP contribution is -2.05. The van der Waals surface area contributed by atoms with Crippen LogP contribution in [0.5, 0.6) is 17.2 Å². The van der Waals surface area contributed by atoms with Gasteiger partial charge in [-0.1, -0.05) is 6.07 Å². The SMILES string of the molecule is C=O.CO.COc1cc(N=Nc2ccc(-c3cc4c(OCCCS)cc(S(=O)(=O)O)cc4cc3S(=O)(=O)O)c(C)c2)c(C)cc1N.Cc1cc2cc(Nc3ccc(N)cc3)ccc2c(O)c1N. The molecule has 0 bridgehead atoms. The van der Waals surface area contributed by atoms with Crippen molar-refractivity contribution in [1.29, 1.82) is 0 Å². The number of thiol groups is 1. The zero-order valence-electron chi connectivity index (χ0n) is 37.2. The second-order valence-corrected chi connectivity index (χ2v) is 17.8. The van der Waals surface area contributed by atoms with Crippen molar-refractivity contribution < 1.29 is 50.4 Å². The molecule has 0 spiro atoms. The molecule has 0 aliphatic carbocycles. The minimum Gasteiger partial charge on any atom is -0.505 e. The minimum atomic E-state index is -4.77. The number of anilines is 5. The Kier molecular flexibility index (Phi) is 18.1. The number of nitrogen functional groups attached to an aromatic ring is 3. The van der Waals surface area contributed by atoms with Gasteiger partial charge in [-0.15, -0.1) is 0 Å². The van der Waals surface area contributed by atoms with E-state index in [-0.39, 0.29) is 29.1 Å². The van der Waals surface area contributed by atoms with E-state index < -0.39 is 30.0 Å². The van der Waals surface area contributed by atoms with Crippen molar-refractivity contribution in [2.45, 2.75) is 37.0 Å². The van der Waals surface area contributed by atoms with Crippen LogP contribution < -0.4 is 32.0 Å². The molecule has 0 amide bonds. The van der Waals surface area contributed by atoms with Crippen LogP contribution in [0.3, 0.4) is 0 Å². The average Bonchev–Trinajstić information content (AvgIpc) is 3.29. The van der Waals surface area contributed by atoms with Gasteiger partial charge in [0.05, 0.1) is 41.4 Å². The number of benzene rings is 7. The second-order valence-electron chi connectivity index (χ2n) is 14.6. The molecule has 0 atom stereocenters. The van der Waals surface area contributed by atoms with E-state index in [4.69, 9.17) is 36.6 Å². The van der Waals surface area contributed by atoms with Crippen LogP contribution in [-0.4, -0.2) is 69.5 Å². The summed E-state index contributed by atoms with van der Waals surface area (Å²) in [4.78, 5) is 7.07. The Labute approximate surface area is 394 Å². The Balaban J connectivity index is 0.000000326. The highest BCUT2D eigenvalue weighted by Gasteiger charge is 2.23. The zero-order chi connectivity index (χ0) is 49.8. The number of phenolic OH excluding ortho intramolecular Hbond substituents is 1. The Morgan fingerprint density at radius 2 is 1.34 bits per heavy atom. The van der Waals surface area contributed by atoms with Crippen molar-refractivity contribution in [3.05, 3.63) is 120 Å². The fraction of sp³-hybridized carbons (Fsp3) is 0.170. The van der Waals surface area contributed by atoms with Gasteiger partial charge in [0.1, 0.15) is 28.9 Å². The van der Waals surface area contributed by atoms with Crippen LogP contribution in [0.15, 0.2) is 123 Å². The van der Waals surface area contributed by atoms with Gasteiger partial charge < -0.3 is 47.0 Å². The highest BCUT2D eigenvalue weighted by Crippen LogP contribution is 2.40. The minimum absolute atomic E-state index is 0.113. The number of aryl methyl sites for hydroxylation is 3. The van der Waals surface area contributed by atoms with Crippen molar-refractivity contribution in [3.63, 3.8) is 0 Å². The molecule has 11 N–H and O–H groups in total. The number of azo groups is 1. The average molecular weight is 973 g/mol. The molecule has 0 saturated carbocycles. The number of carbonyl (C=O) groups is 1. The normalized spacial score (nSPS) is 11.2. The molecule has 20 heteroatoms. The molecule has 354 valence electrons. The maximum absolute atomic E-state index is 12.5. The van der Waals surface area contributed by atoms with Gasteiger partial charge in [0, 0.05) is 52.6 Å². The number of fused-ring (bicyclic) bond motifs is 2. The number of nitrogens with two attached hydrogens (primary N) is 3. The third-order valence-corrected chi connectivity index (χ3v) is 12.0. The summed E-state index contributed by atoms with van der Waals surface area (Å²) >= 11 is 4.15. The molecule has 7 rings (SSSR count). The van der Waals surface area contributed by atoms with Crippen molar-refractivity contribution in [3.8, 4) is 28.4 Å². The van der Waals surface area contributed by atoms with Gasteiger partial charge in [-0.3, -0.25) is 9.11 Å². The number of aromatic hydroxyl groups is 1. The summed E-state index contributed by atoms with van der Waals surface area (Å²) in [5.74, 6) is 1.24. The lowest BCUT2D eigenvalue weighted by Gasteiger charge is -2.16. The van der Waals surface area contributed by atoms with Gasteiger partial charge >= 0.3 is 0 Å². The van der Waals surface area contributed by atoms with Crippen LogP contribution >= 0.6 is 12.6 Å². The van der Waals surface area contributed by atoms with Crippen LogP contribution in [0.2, 0.25) is 0 Å². The molecule has 7 aromatic rings. The summed E-state index contributed by atoms with van der Waals surface area (Å²) in [6.07, 6.45) is 0.550. The molecule has 67 heavy (non-hydrogen) atoms. The highest BCUT2D eigenvalue weighted by atomic mass is 32.2. The third-order valence-electron chi connectivity index (χ3n) is 10.0. The van der Waals surface area contributed by atoms with E-state index in [0.29, 0.717) is 57.2 Å². The van der Waals surface area contributed by atoms with Gasteiger partial charge in [0.2, 0.25) is 0 Å². The molecule has 0 aliphatic rings. The molecular formula is C47H52N6O11S3. The quantitative estimate of drug-likeness (QED) is 0.0137. The van der Waals surface area contributed by atoms with E-state index in [0.717, 1.165) is 64.3 Å². The molecule has 0 fully saturated rings. The van der Waals surface area contributed by atoms with Gasteiger partial charge in [0.25, 0.3) is 20.2 Å². The van der Waals surface area contributed by atoms with Crippen molar-refractivity contribution in [2.24, 2.45) is 10.2 Å². The summed E-state index contributed by atoms with van der Waals surface area (Å²) in [6, 6.07) is 28.6. The summed E-state index contributed by atoms with van der Waals surface area (Å²) in [5, 5.41) is 31.2. The van der Waals surface area contributed by atoms with Gasteiger partial charge in [-0.2, -0.15) is 39.7 Å². The summed E-state index contributed by atoms with van der Waals surface area (Å²) < 4.78 is 79.6. The van der Waals surface area contributed by atoms with E-state index in [9.17, 15) is 31.0 Å². The monoisotopic (exact) mass is 972 g/mol. The number of aliphatic hydroxyl groups is 1. The summed E-state index contributed by atoms with van der Waals surface area (Å²) in [5.41, 5.74) is 24.9. The Morgan fingerprint density at radius 3 is 1.96 bits per heavy atom. The maximum atomic E-state index is 12.5. The Bertz CT molecular complexity index is 3150. The first-order valence-electron chi connectivity index (χ1n) is 19.9. The Hall–Kier alpha value is -6.94. The molecular weight excluding hydrogens is 921 g/mol. The number of aliphatic hydroxyl groups excluding tert-OH is 1. The number of rotatable bonds is 12. The third kappa shape index (κ3) is 13.1. The first kappa shape index (κ1) is 52.7. The summed E-state index contributed by atoms with van der Waals surface area (Å²) in [7, 11) is -6.91. The second kappa shape index (κ2) is 23.0. The van der Waals surface area contributed by atoms with Gasteiger partial charge in [-0.05, 0) is 151 Å². The van der Waals surface area contributed by atoms with Crippen LogP contribution in [0.25, 0.3) is 32.7 Å². The van der Waals surface area contributed by atoms with E-state index in [1.54, 1.807) is 37.3 Å². The molecule has 0 aliphatic heterocycles. The zero-order valence-corrected chi connectivity index (χ0v) is 39.7. The maximum Gasteiger partial charge on any atom is 0.295 e. The molecule has 0 saturated heterocycles. The van der Waals surface area contributed by atoms with E-state index >= 15 is 0 Å². The van der Waals surface area contributed by atoms with E-state index in [1.165, 1.54) is 13.2 Å². The molecule has 7 aromatic carbocycles. The van der Waals surface area contributed by atoms with Crippen LogP contribution in [-0.2, 0) is 25.0 Å². The number of hydrogen-bond acceptors (Lipinski definition) is 16. The fourth-order valence-corrected chi connectivity index (χ4v) is 8.11. The van der Waals surface area contributed by atoms with Crippen LogP contribution in [0.4, 0.5) is 39.8 Å². The highest BCUT2D eigenvalue weighted by molar-refractivity contribution is 7.86. The predicted molar refractivity (Wildman–Crippen MR) is 268 cm³/mol. The molecule has 0 heterocycles. The van der Waals surface area contributed by atoms with Crippen molar-refractivity contribution in [1.82, 2.24) is 0 Å². The number of carbonyl (C=O) groups excluding carboxylic acids is 1. The fourth-order valence-electron chi connectivity index (χ4n) is 6.73. The van der Waals surface area contributed by atoms with E-state index in [1.807, 2.05) is 69.2 Å². The predicted octanol–water partition coefficient (Wildman–Crippen LogP) is 9.51. The van der Waals surface area contributed by atoms with Gasteiger partial charge in [-0.25, -0.2) is 0 Å².